The van der Waals surface area contributed by atoms with E-state index in [-0.39, 0.29) is 5.91 Å². The molecule has 0 saturated carbocycles. The number of carbonyl (C=O) groups excluding carboxylic acids is 1. The number of amides is 1. The Morgan fingerprint density at radius 3 is 2.87 bits per heavy atom. The molecule has 0 radical (unpaired) electrons. The van der Waals surface area contributed by atoms with E-state index in [0.717, 1.165) is 16.9 Å². The molecule has 0 aliphatic carbocycles. The first-order valence-corrected chi connectivity index (χ1v) is 5.74. The summed E-state index contributed by atoms with van der Waals surface area (Å²) in [5.41, 5.74) is 0.483. The van der Waals surface area contributed by atoms with Gasteiger partial charge in [-0.15, -0.1) is 17.8 Å². The van der Waals surface area contributed by atoms with Gasteiger partial charge in [0, 0.05) is 0 Å². The standard InChI is InChI=1S/C12H15NOS/c1-5-9-7-8-15-10(9)11(14)13-12(3,4)6-2/h2,7-8H,5H2,1,3-4H3,(H,13,14). The summed E-state index contributed by atoms with van der Waals surface area (Å²) < 4.78 is 0. The van der Waals surface area contributed by atoms with Gasteiger partial charge in [-0.05, 0) is 37.3 Å². The van der Waals surface area contributed by atoms with E-state index in [2.05, 4.69) is 11.2 Å². The Morgan fingerprint density at radius 2 is 2.33 bits per heavy atom. The zero-order chi connectivity index (χ0) is 11.5. The van der Waals surface area contributed by atoms with E-state index in [0.29, 0.717) is 0 Å². The first-order chi connectivity index (χ1) is 7.00. The Hall–Kier alpha value is -1.27. The van der Waals surface area contributed by atoms with Crippen molar-refractivity contribution < 1.29 is 4.79 Å². The second-order valence-electron chi connectivity index (χ2n) is 3.85. The number of thiophene rings is 1. The maximum absolute atomic E-state index is 11.9. The summed E-state index contributed by atoms with van der Waals surface area (Å²) in [6, 6.07) is 1.97. The van der Waals surface area contributed by atoms with Crippen LogP contribution in [0.15, 0.2) is 11.4 Å². The maximum Gasteiger partial charge on any atom is 0.262 e. The van der Waals surface area contributed by atoms with Crippen molar-refractivity contribution in [2.75, 3.05) is 0 Å². The van der Waals surface area contributed by atoms with Gasteiger partial charge in [0.15, 0.2) is 0 Å². The predicted molar refractivity (Wildman–Crippen MR) is 64.1 cm³/mol. The second kappa shape index (κ2) is 4.50. The highest BCUT2D eigenvalue weighted by Crippen LogP contribution is 2.18. The average Bonchev–Trinajstić information content (AvgIpc) is 2.64. The molecule has 1 rings (SSSR count). The van der Waals surface area contributed by atoms with Crippen LogP contribution in [-0.2, 0) is 6.42 Å². The summed E-state index contributed by atoms with van der Waals surface area (Å²) in [5, 5.41) is 4.75. The lowest BCUT2D eigenvalue weighted by molar-refractivity contribution is 0.0933. The largest absolute Gasteiger partial charge is 0.336 e. The van der Waals surface area contributed by atoms with Crippen LogP contribution in [0.25, 0.3) is 0 Å². The molecule has 0 fully saturated rings. The summed E-state index contributed by atoms with van der Waals surface area (Å²) in [7, 11) is 0. The molecular formula is C12H15NOS. The van der Waals surface area contributed by atoms with Crippen LogP contribution in [0.3, 0.4) is 0 Å². The third-order valence-corrected chi connectivity index (χ3v) is 3.08. The molecule has 80 valence electrons. The number of hydrogen-bond acceptors (Lipinski definition) is 2. The quantitative estimate of drug-likeness (QED) is 0.780. The van der Waals surface area contributed by atoms with Gasteiger partial charge in [0.25, 0.3) is 5.91 Å². The lowest BCUT2D eigenvalue weighted by Crippen LogP contribution is -2.42. The minimum absolute atomic E-state index is 0.0789. The van der Waals surface area contributed by atoms with Gasteiger partial charge in [0.1, 0.15) is 0 Å². The van der Waals surface area contributed by atoms with E-state index in [4.69, 9.17) is 6.42 Å². The van der Waals surface area contributed by atoms with Crippen LogP contribution in [0.1, 0.15) is 36.0 Å². The Morgan fingerprint density at radius 1 is 1.67 bits per heavy atom. The predicted octanol–water partition coefficient (Wildman–Crippen LogP) is 2.45. The van der Waals surface area contributed by atoms with E-state index in [1.807, 2.05) is 32.2 Å². The van der Waals surface area contributed by atoms with Gasteiger partial charge in [-0.1, -0.05) is 12.8 Å². The van der Waals surface area contributed by atoms with Gasteiger partial charge >= 0.3 is 0 Å². The SMILES string of the molecule is C#CC(C)(C)NC(=O)c1sccc1CC. The van der Waals surface area contributed by atoms with Crippen LogP contribution in [0.2, 0.25) is 0 Å². The zero-order valence-electron chi connectivity index (χ0n) is 9.26. The van der Waals surface area contributed by atoms with E-state index in [9.17, 15) is 4.79 Å². The van der Waals surface area contributed by atoms with Crippen molar-refractivity contribution >= 4 is 17.2 Å². The van der Waals surface area contributed by atoms with Crippen LogP contribution in [-0.4, -0.2) is 11.4 Å². The molecule has 1 N–H and O–H groups in total. The fourth-order valence-electron chi connectivity index (χ4n) is 1.19. The van der Waals surface area contributed by atoms with Crippen LogP contribution < -0.4 is 5.32 Å². The molecule has 0 bridgehead atoms. The minimum Gasteiger partial charge on any atom is -0.336 e. The van der Waals surface area contributed by atoms with E-state index in [1.54, 1.807) is 0 Å². The molecule has 1 amide bonds. The Kier molecular flexibility index (Phi) is 3.54. The van der Waals surface area contributed by atoms with Crippen molar-refractivity contribution in [2.24, 2.45) is 0 Å². The molecule has 0 aliphatic rings. The fourth-order valence-corrected chi connectivity index (χ4v) is 2.08. The molecule has 0 spiro atoms. The molecule has 0 aromatic carbocycles. The number of terminal acetylenes is 1. The zero-order valence-corrected chi connectivity index (χ0v) is 10.1. The highest BCUT2D eigenvalue weighted by molar-refractivity contribution is 7.12. The summed E-state index contributed by atoms with van der Waals surface area (Å²) in [6.45, 7) is 5.65. The molecule has 2 nitrogen and oxygen atoms in total. The van der Waals surface area contributed by atoms with Crippen LogP contribution >= 0.6 is 11.3 Å². The molecule has 1 aromatic rings. The van der Waals surface area contributed by atoms with Crippen LogP contribution in [0.5, 0.6) is 0 Å². The molecule has 0 unspecified atom stereocenters. The molecule has 0 atom stereocenters. The molecule has 15 heavy (non-hydrogen) atoms. The summed E-state index contributed by atoms with van der Waals surface area (Å²) >= 11 is 1.45. The van der Waals surface area contributed by atoms with Crippen molar-refractivity contribution in [1.82, 2.24) is 5.32 Å². The van der Waals surface area contributed by atoms with Crippen molar-refractivity contribution in [2.45, 2.75) is 32.7 Å². The van der Waals surface area contributed by atoms with Gasteiger partial charge in [-0.3, -0.25) is 4.79 Å². The molecule has 3 heteroatoms. The van der Waals surface area contributed by atoms with E-state index >= 15 is 0 Å². The second-order valence-corrected chi connectivity index (χ2v) is 4.77. The molecule has 1 aromatic heterocycles. The molecule has 0 saturated heterocycles. The highest BCUT2D eigenvalue weighted by atomic mass is 32.1. The summed E-state index contributed by atoms with van der Waals surface area (Å²) in [6.07, 6.45) is 6.18. The number of hydrogen-bond donors (Lipinski definition) is 1. The van der Waals surface area contributed by atoms with Crippen molar-refractivity contribution in [3.63, 3.8) is 0 Å². The molecular weight excluding hydrogens is 206 g/mol. The van der Waals surface area contributed by atoms with Gasteiger partial charge in [0.2, 0.25) is 0 Å². The van der Waals surface area contributed by atoms with E-state index in [1.165, 1.54) is 11.3 Å². The fraction of sp³-hybridized carbons (Fsp3) is 0.417. The third kappa shape index (κ3) is 2.84. The van der Waals surface area contributed by atoms with Crippen molar-refractivity contribution in [3.8, 4) is 12.3 Å². The first kappa shape index (κ1) is 11.8. The normalized spacial score (nSPS) is 10.8. The van der Waals surface area contributed by atoms with Crippen molar-refractivity contribution in [1.29, 1.82) is 0 Å². The van der Waals surface area contributed by atoms with Crippen LogP contribution in [0.4, 0.5) is 0 Å². The van der Waals surface area contributed by atoms with Crippen molar-refractivity contribution in [3.05, 3.63) is 21.9 Å². The average molecular weight is 221 g/mol. The third-order valence-electron chi connectivity index (χ3n) is 2.12. The number of aryl methyl sites for hydroxylation is 1. The highest BCUT2D eigenvalue weighted by Gasteiger charge is 2.20. The number of nitrogens with one attached hydrogen (secondary N) is 1. The van der Waals surface area contributed by atoms with Gasteiger partial charge in [-0.25, -0.2) is 0 Å². The Labute approximate surface area is 94.7 Å². The monoisotopic (exact) mass is 221 g/mol. The topological polar surface area (TPSA) is 29.1 Å². The molecule has 0 aliphatic heterocycles. The number of rotatable bonds is 3. The van der Waals surface area contributed by atoms with Gasteiger partial charge in [-0.2, -0.15) is 0 Å². The minimum atomic E-state index is -0.591. The van der Waals surface area contributed by atoms with Gasteiger partial charge < -0.3 is 5.32 Å². The first-order valence-electron chi connectivity index (χ1n) is 4.87. The Balaban J connectivity index is 2.83. The maximum atomic E-state index is 11.9. The summed E-state index contributed by atoms with van der Waals surface area (Å²) in [5.74, 6) is 2.47. The van der Waals surface area contributed by atoms with Gasteiger partial charge in [0.05, 0.1) is 10.4 Å². The van der Waals surface area contributed by atoms with Crippen LogP contribution in [0, 0.1) is 12.3 Å². The lowest BCUT2D eigenvalue weighted by Gasteiger charge is -2.19. The van der Waals surface area contributed by atoms with E-state index < -0.39 is 5.54 Å². The number of carbonyl (C=O) groups is 1. The Bertz CT molecular complexity index is 398. The molecule has 1 heterocycles. The smallest absolute Gasteiger partial charge is 0.262 e. The lowest BCUT2D eigenvalue weighted by atomic mass is 10.1. The summed E-state index contributed by atoms with van der Waals surface area (Å²) in [4.78, 5) is 12.6.